The summed E-state index contributed by atoms with van der Waals surface area (Å²) in [6.45, 7) is 8.39. The number of fused-ring (bicyclic) bond motifs is 2. The lowest BCUT2D eigenvalue weighted by atomic mass is 9.78. The second-order valence-corrected chi connectivity index (χ2v) is 11.0. The Labute approximate surface area is 198 Å². The highest BCUT2D eigenvalue weighted by Crippen LogP contribution is 2.53. The van der Waals surface area contributed by atoms with Crippen molar-refractivity contribution >= 4 is 34.2 Å². The molecule has 2 aliphatic carbocycles. The molecule has 6 nitrogen and oxygen atoms in total. The monoisotopic (exact) mass is 469 g/mol. The minimum Gasteiger partial charge on any atom is -0.481 e. The summed E-state index contributed by atoms with van der Waals surface area (Å²) >= 11 is 1.27. The predicted molar refractivity (Wildman–Crippen MR) is 128 cm³/mol. The average molecular weight is 470 g/mol. The van der Waals surface area contributed by atoms with Gasteiger partial charge in [-0.05, 0) is 54.6 Å². The van der Waals surface area contributed by atoms with Gasteiger partial charge >= 0.3 is 11.9 Å². The summed E-state index contributed by atoms with van der Waals surface area (Å²) in [5, 5.41) is 14.9. The number of hydrogen-bond donors (Lipinski definition) is 2. The minimum absolute atomic E-state index is 0.0115. The zero-order valence-corrected chi connectivity index (χ0v) is 20.3. The Balaban J connectivity index is 1.65. The van der Waals surface area contributed by atoms with Crippen molar-refractivity contribution in [3.8, 4) is 11.1 Å². The SMILES string of the molecule is CCOC(=O)c1c(-c2ccc(C(C)(C)C)cc2)csc1NC(=O)[C@@H]1[C@H]2CC[C@@H](C2)[C@@H]1C(=O)O. The van der Waals surface area contributed by atoms with Crippen LogP contribution in [0, 0.1) is 23.7 Å². The Morgan fingerprint density at radius 2 is 1.73 bits per heavy atom. The molecule has 2 aliphatic rings. The topological polar surface area (TPSA) is 92.7 Å². The fraction of sp³-hybridized carbons (Fsp3) is 0.500. The molecule has 0 spiro atoms. The number of hydrogen-bond acceptors (Lipinski definition) is 5. The molecule has 4 rings (SSSR count). The molecule has 33 heavy (non-hydrogen) atoms. The summed E-state index contributed by atoms with van der Waals surface area (Å²) in [6.07, 6.45) is 2.54. The Morgan fingerprint density at radius 1 is 1.09 bits per heavy atom. The van der Waals surface area contributed by atoms with Crippen molar-refractivity contribution < 1.29 is 24.2 Å². The molecule has 2 saturated carbocycles. The van der Waals surface area contributed by atoms with Gasteiger partial charge in [-0.1, -0.05) is 45.0 Å². The molecule has 2 N–H and O–H groups in total. The summed E-state index contributed by atoms with van der Waals surface area (Å²) in [7, 11) is 0. The first kappa shape index (κ1) is 23.5. The number of carboxylic acid groups (broad SMARTS) is 1. The summed E-state index contributed by atoms with van der Waals surface area (Å²) in [5.41, 5.74) is 3.10. The van der Waals surface area contributed by atoms with Crippen molar-refractivity contribution in [2.24, 2.45) is 23.7 Å². The molecule has 2 aromatic rings. The van der Waals surface area contributed by atoms with Gasteiger partial charge in [0.05, 0.1) is 18.4 Å². The van der Waals surface area contributed by atoms with E-state index in [4.69, 9.17) is 4.74 Å². The number of carbonyl (C=O) groups is 3. The van der Waals surface area contributed by atoms with E-state index in [0.717, 1.165) is 24.8 Å². The number of aliphatic carboxylic acids is 1. The van der Waals surface area contributed by atoms with Crippen molar-refractivity contribution in [3.63, 3.8) is 0 Å². The van der Waals surface area contributed by atoms with E-state index in [1.54, 1.807) is 6.92 Å². The summed E-state index contributed by atoms with van der Waals surface area (Å²) in [6, 6.07) is 8.06. The summed E-state index contributed by atoms with van der Waals surface area (Å²) < 4.78 is 5.31. The van der Waals surface area contributed by atoms with Crippen molar-refractivity contribution in [2.45, 2.75) is 52.4 Å². The van der Waals surface area contributed by atoms with Crippen LogP contribution in [-0.2, 0) is 19.7 Å². The van der Waals surface area contributed by atoms with Crippen LogP contribution in [0.25, 0.3) is 11.1 Å². The van der Waals surface area contributed by atoms with Crippen LogP contribution in [0.3, 0.4) is 0 Å². The first-order chi connectivity index (χ1) is 15.6. The van der Waals surface area contributed by atoms with Crippen molar-refractivity contribution in [1.82, 2.24) is 0 Å². The molecule has 0 unspecified atom stereocenters. The largest absolute Gasteiger partial charge is 0.481 e. The van der Waals surface area contributed by atoms with Crippen LogP contribution in [0.5, 0.6) is 0 Å². The fourth-order valence-corrected chi connectivity index (χ4v) is 6.40. The quantitative estimate of drug-likeness (QED) is 0.539. The predicted octanol–water partition coefficient (Wildman–Crippen LogP) is 5.57. The molecule has 4 atom stereocenters. The van der Waals surface area contributed by atoms with Crippen molar-refractivity contribution in [3.05, 3.63) is 40.8 Å². The molecule has 1 aromatic carbocycles. The smallest absolute Gasteiger partial charge is 0.341 e. The minimum atomic E-state index is -0.904. The number of thiophene rings is 1. The molecule has 0 aliphatic heterocycles. The number of benzene rings is 1. The Morgan fingerprint density at radius 3 is 2.30 bits per heavy atom. The number of carbonyl (C=O) groups excluding carboxylic acids is 2. The van der Waals surface area contributed by atoms with E-state index in [9.17, 15) is 19.5 Å². The molecule has 7 heteroatoms. The van der Waals surface area contributed by atoms with Crippen LogP contribution in [0.15, 0.2) is 29.6 Å². The van der Waals surface area contributed by atoms with E-state index in [1.165, 1.54) is 16.9 Å². The summed E-state index contributed by atoms with van der Waals surface area (Å²) in [5.74, 6) is -2.77. The van der Waals surface area contributed by atoms with Gasteiger partial charge in [-0.25, -0.2) is 4.79 Å². The van der Waals surface area contributed by atoms with Gasteiger partial charge in [0.15, 0.2) is 0 Å². The highest BCUT2D eigenvalue weighted by atomic mass is 32.1. The van der Waals surface area contributed by atoms with Gasteiger partial charge in [0.1, 0.15) is 10.6 Å². The number of carboxylic acids is 1. The Kier molecular flexibility index (Phi) is 6.36. The molecule has 1 amide bonds. The molecule has 0 radical (unpaired) electrons. The zero-order valence-electron chi connectivity index (χ0n) is 19.5. The first-order valence-electron chi connectivity index (χ1n) is 11.5. The van der Waals surface area contributed by atoms with Crippen molar-refractivity contribution in [1.29, 1.82) is 0 Å². The highest BCUT2D eigenvalue weighted by Gasteiger charge is 2.54. The standard InChI is InChI=1S/C26H31NO5S/c1-5-32-25(31)21-18(14-8-10-17(11-9-14)26(2,3)4)13-33-23(21)27-22(28)19-15-6-7-16(12-15)20(19)24(29)30/h8-11,13,15-16,19-20H,5-7,12H2,1-4H3,(H,27,28)(H,29,30)/t15-,16-,19+,20-/m0/s1. The first-order valence-corrected chi connectivity index (χ1v) is 12.4. The highest BCUT2D eigenvalue weighted by molar-refractivity contribution is 7.15. The number of amides is 1. The summed E-state index contributed by atoms with van der Waals surface area (Å²) in [4.78, 5) is 38.0. The molecule has 1 heterocycles. The van der Waals surface area contributed by atoms with Crippen LogP contribution in [0.2, 0.25) is 0 Å². The van der Waals surface area contributed by atoms with Crippen LogP contribution >= 0.6 is 11.3 Å². The van der Waals surface area contributed by atoms with Gasteiger partial charge in [0.25, 0.3) is 0 Å². The Bertz CT molecular complexity index is 1070. The second-order valence-electron chi connectivity index (χ2n) is 10.1. The maximum Gasteiger partial charge on any atom is 0.341 e. The van der Waals surface area contributed by atoms with Gasteiger partial charge in [0, 0.05) is 10.9 Å². The van der Waals surface area contributed by atoms with E-state index in [2.05, 4.69) is 26.1 Å². The maximum absolute atomic E-state index is 13.2. The fourth-order valence-electron chi connectivity index (χ4n) is 5.44. The number of anilines is 1. The van der Waals surface area contributed by atoms with E-state index in [1.807, 2.05) is 29.6 Å². The lowest BCUT2D eigenvalue weighted by molar-refractivity contribution is -0.148. The van der Waals surface area contributed by atoms with Gasteiger partial charge in [-0.3, -0.25) is 9.59 Å². The molecule has 176 valence electrons. The lowest BCUT2D eigenvalue weighted by Gasteiger charge is -2.27. The zero-order chi connectivity index (χ0) is 23.9. The van der Waals surface area contributed by atoms with E-state index >= 15 is 0 Å². The average Bonchev–Trinajstić information content (AvgIpc) is 3.47. The third-order valence-electron chi connectivity index (χ3n) is 7.07. The maximum atomic E-state index is 13.2. The molecule has 1 aromatic heterocycles. The van der Waals surface area contributed by atoms with Gasteiger partial charge < -0.3 is 15.2 Å². The number of ether oxygens (including phenoxy) is 1. The molecule has 2 bridgehead atoms. The van der Waals surface area contributed by atoms with Crippen molar-refractivity contribution in [2.75, 3.05) is 11.9 Å². The molecule has 0 saturated heterocycles. The van der Waals surface area contributed by atoms with Gasteiger partial charge in [-0.15, -0.1) is 11.3 Å². The molecular weight excluding hydrogens is 438 g/mol. The third-order valence-corrected chi connectivity index (χ3v) is 7.97. The van der Waals surface area contributed by atoms with Gasteiger partial charge in [-0.2, -0.15) is 0 Å². The van der Waals surface area contributed by atoms with Gasteiger partial charge in [0.2, 0.25) is 5.91 Å². The Hall–Kier alpha value is -2.67. The molecular formula is C26H31NO5S. The third kappa shape index (κ3) is 4.43. The van der Waals surface area contributed by atoms with Crippen LogP contribution < -0.4 is 5.32 Å². The van der Waals surface area contributed by atoms with E-state index < -0.39 is 23.8 Å². The van der Waals surface area contributed by atoms with E-state index in [0.29, 0.717) is 16.1 Å². The molecule has 2 fully saturated rings. The lowest BCUT2D eigenvalue weighted by Crippen LogP contribution is -2.37. The van der Waals surface area contributed by atoms with Crippen LogP contribution in [0.4, 0.5) is 5.00 Å². The van der Waals surface area contributed by atoms with Crippen LogP contribution in [-0.4, -0.2) is 29.6 Å². The number of esters is 1. The normalized spacial score (nSPS) is 24.0. The second kappa shape index (κ2) is 8.93. The number of nitrogens with one attached hydrogen (secondary N) is 1. The van der Waals surface area contributed by atoms with Crippen LogP contribution in [0.1, 0.15) is 62.9 Å². The number of rotatable bonds is 6. The van der Waals surface area contributed by atoms with E-state index in [-0.39, 0.29) is 29.8 Å².